The van der Waals surface area contributed by atoms with Crippen molar-refractivity contribution in [2.75, 3.05) is 17.4 Å². The Labute approximate surface area is 234 Å². The summed E-state index contributed by atoms with van der Waals surface area (Å²) in [6.07, 6.45) is 0.732. The zero-order valence-electron chi connectivity index (χ0n) is 21.5. The third kappa shape index (κ3) is 7.07. The molecule has 0 aliphatic heterocycles. The summed E-state index contributed by atoms with van der Waals surface area (Å²) in [5.74, 6) is -0.898. The highest BCUT2D eigenvalue weighted by Crippen LogP contribution is 2.29. The van der Waals surface area contributed by atoms with Crippen molar-refractivity contribution in [3.8, 4) is 0 Å². The minimum absolute atomic E-state index is 0.0258. The van der Waals surface area contributed by atoms with Crippen molar-refractivity contribution < 1.29 is 18.0 Å². The predicted molar refractivity (Wildman–Crippen MR) is 152 cm³/mol. The van der Waals surface area contributed by atoms with Crippen LogP contribution in [-0.4, -0.2) is 44.3 Å². The topological polar surface area (TPSA) is 86.8 Å². The first-order valence-corrected chi connectivity index (χ1v) is 14.4. The maximum atomic E-state index is 13.9. The molecule has 0 radical (unpaired) electrons. The molecule has 38 heavy (non-hydrogen) atoms. The van der Waals surface area contributed by atoms with Crippen LogP contribution in [0, 0.1) is 6.92 Å². The van der Waals surface area contributed by atoms with Crippen LogP contribution in [0.15, 0.2) is 77.7 Å². The van der Waals surface area contributed by atoms with Gasteiger partial charge in [0.25, 0.3) is 10.0 Å². The predicted octanol–water partition coefficient (Wildman–Crippen LogP) is 5.44. The largest absolute Gasteiger partial charge is 0.354 e. The van der Waals surface area contributed by atoms with E-state index in [0.29, 0.717) is 33.4 Å². The van der Waals surface area contributed by atoms with Crippen LogP contribution in [0.2, 0.25) is 10.0 Å². The van der Waals surface area contributed by atoms with Gasteiger partial charge in [0.05, 0.1) is 10.6 Å². The van der Waals surface area contributed by atoms with E-state index in [1.165, 1.54) is 17.0 Å². The zero-order valence-corrected chi connectivity index (χ0v) is 23.9. The molecule has 0 heterocycles. The first-order valence-electron chi connectivity index (χ1n) is 12.2. The highest BCUT2D eigenvalue weighted by atomic mass is 35.5. The highest BCUT2D eigenvalue weighted by molar-refractivity contribution is 7.92. The third-order valence-corrected chi connectivity index (χ3v) is 8.43. The number of hydrogen-bond donors (Lipinski definition) is 1. The van der Waals surface area contributed by atoms with E-state index < -0.39 is 28.5 Å². The summed E-state index contributed by atoms with van der Waals surface area (Å²) in [5, 5.41) is 3.69. The minimum Gasteiger partial charge on any atom is -0.354 e. The Morgan fingerprint density at radius 1 is 0.974 bits per heavy atom. The van der Waals surface area contributed by atoms with Crippen molar-refractivity contribution in [2.45, 2.75) is 44.7 Å². The van der Waals surface area contributed by atoms with E-state index in [0.717, 1.165) is 10.7 Å². The number of benzene rings is 3. The number of carbonyl (C=O) groups is 2. The van der Waals surface area contributed by atoms with E-state index in [-0.39, 0.29) is 17.3 Å². The van der Waals surface area contributed by atoms with Crippen LogP contribution in [0.1, 0.15) is 31.4 Å². The van der Waals surface area contributed by atoms with Crippen molar-refractivity contribution in [3.63, 3.8) is 0 Å². The van der Waals surface area contributed by atoms with E-state index in [1.807, 2.05) is 6.92 Å². The highest BCUT2D eigenvalue weighted by Gasteiger charge is 2.33. The molecule has 202 valence electrons. The van der Waals surface area contributed by atoms with Gasteiger partial charge in [-0.1, -0.05) is 66.5 Å². The number of carbonyl (C=O) groups excluding carboxylic acids is 2. The first kappa shape index (κ1) is 29.5. The third-order valence-electron chi connectivity index (χ3n) is 6.05. The number of nitrogens with zero attached hydrogens (tertiary/aromatic N) is 2. The normalized spacial score (nSPS) is 12.0. The second-order valence-corrected chi connectivity index (χ2v) is 11.5. The molecule has 2 amide bonds. The van der Waals surface area contributed by atoms with Gasteiger partial charge >= 0.3 is 0 Å². The number of nitrogens with one attached hydrogen (secondary N) is 1. The van der Waals surface area contributed by atoms with Gasteiger partial charge in [-0.3, -0.25) is 13.9 Å². The standard InChI is InChI=1S/C28H31Cl2N3O4S/c1-4-16-31-28(35)21(3)32(18-22-10-8-9-13-25(22)30)27(34)19-33(26-15-14-23(29)17-20(26)2)38(36,37)24-11-6-5-7-12-24/h5-15,17,21H,4,16,18-19H2,1-3H3,(H,31,35)/t21-/m1/s1. The molecule has 3 aromatic rings. The number of amides is 2. The molecule has 0 unspecified atom stereocenters. The van der Waals surface area contributed by atoms with Gasteiger partial charge in [0.1, 0.15) is 12.6 Å². The molecule has 0 spiro atoms. The Balaban J connectivity index is 2.05. The number of anilines is 1. The fourth-order valence-electron chi connectivity index (χ4n) is 3.92. The van der Waals surface area contributed by atoms with E-state index in [1.54, 1.807) is 74.5 Å². The van der Waals surface area contributed by atoms with E-state index >= 15 is 0 Å². The molecule has 0 bridgehead atoms. The second-order valence-electron chi connectivity index (χ2n) is 8.84. The van der Waals surface area contributed by atoms with Crippen molar-refractivity contribution in [1.82, 2.24) is 10.2 Å². The van der Waals surface area contributed by atoms with Crippen molar-refractivity contribution in [2.24, 2.45) is 0 Å². The van der Waals surface area contributed by atoms with Gasteiger partial charge in [0.15, 0.2) is 0 Å². The Morgan fingerprint density at radius 3 is 2.26 bits per heavy atom. The quantitative estimate of drug-likeness (QED) is 0.330. The number of halogens is 2. The maximum Gasteiger partial charge on any atom is 0.264 e. The molecule has 0 aliphatic rings. The maximum absolute atomic E-state index is 13.9. The van der Waals surface area contributed by atoms with Gasteiger partial charge in [0, 0.05) is 23.1 Å². The molecule has 3 rings (SSSR count). The summed E-state index contributed by atoms with van der Waals surface area (Å²) < 4.78 is 28.7. The Morgan fingerprint density at radius 2 is 1.63 bits per heavy atom. The molecule has 0 aromatic heterocycles. The van der Waals surface area contributed by atoms with Crippen LogP contribution in [0.4, 0.5) is 5.69 Å². The number of hydrogen-bond acceptors (Lipinski definition) is 4. The summed E-state index contributed by atoms with van der Waals surface area (Å²) >= 11 is 12.5. The van der Waals surface area contributed by atoms with E-state index in [4.69, 9.17) is 23.2 Å². The summed E-state index contributed by atoms with van der Waals surface area (Å²) in [4.78, 5) is 28.2. The average molecular weight is 577 g/mol. The Kier molecular flexibility index (Phi) is 10.2. The molecular weight excluding hydrogens is 545 g/mol. The van der Waals surface area contributed by atoms with Crippen LogP contribution in [0.25, 0.3) is 0 Å². The zero-order chi connectivity index (χ0) is 27.9. The lowest BCUT2D eigenvalue weighted by Crippen LogP contribution is -2.51. The lowest BCUT2D eigenvalue weighted by Gasteiger charge is -2.32. The molecule has 0 saturated carbocycles. The average Bonchev–Trinajstić information content (AvgIpc) is 2.90. The van der Waals surface area contributed by atoms with Crippen LogP contribution in [0.3, 0.4) is 0 Å². The van der Waals surface area contributed by atoms with Crippen LogP contribution in [-0.2, 0) is 26.2 Å². The van der Waals surface area contributed by atoms with Crippen molar-refractivity contribution in [3.05, 3.63) is 94.0 Å². The number of aryl methyl sites for hydroxylation is 1. The lowest BCUT2D eigenvalue weighted by molar-refractivity contribution is -0.139. The molecule has 10 heteroatoms. The van der Waals surface area contributed by atoms with E-state index in [9.17, 15) is 18.0 Å². The van der Waals surface area contributed by atoms with Gasteiger partial charge in [0.2, 0.25) is 11.8 Å². The molecule has 7 nitrogen and oxygen atoms in total. The molecular formula is C28H31Cl2N3O4S. The summed E-state index contributed by atoms with van der Waals surface area (Å²) in [6.45, 7) is 5.21. The summed E-state index contributed by atoms with van der Waals surface area (Å²) in [6, 6.07) is 18.8. The lowest BCUT2D eigenvalue weighted by atomic mass is 10.1. The fraction of sp³-hybridized carbons (Fsp3) is 0.286. The Hall–Kier alpha value is -3.07. The van der Waals surface area contributed by atoms with Crippen LogP contribution in [0.5, 0.6) is 0 Å². The monoisotopic (exact) mass is 575 g/mol. The van der Waals surface area contributed by atoms with Gasteiger partial charge < -0.3 is 10.2 Å². The molecule has 3 aromatic carbocycles. The van der Waals surface area contributed by atoms with Crippen molar-refractivity contribution in [1.29, 1.82) is 0 Å². The van der Waals surface area contributed by atoms with Gasteiger partial charge in [-0.05, 0) is 67.8 Å². The Bertz CT molecular complexity index is 1380. The van der Waals surface area contributed by atoms with E-state index in [2.05, 4.69) is 5.32 Å². The molecule has 1 atom stereocenters. The van der Waals surface area contributed by atoms with Crippen molar-refractivity contribution >= 4 is 50.7 Å². The molecule has 1 N–H and O–H groups in total. The summed E-state index contributed by atoms with van der Waals surface area (Å²) in [5.41, 5.74) is 1.53. The van der Waals surface area contributed by atoms with Gasteiger partial charge in [-0.25, -0.2) is 8.42 Å². The number of rotatable bonds is 11. The molecule has 0 aliphatic carbocycles. The molecule has 0 saturated heterocycles. The first-order chi connectivity index (χ1) is 18.1. The SMILES string of the molecule is CCCNC(=O)[C@@H](C)N(Cc1ccccc1Cl)C(=O)CN(c1ccc(Cl)cc1C)S(=O)(=O)c1ccccc1. The second kappa shape index (κ2) is 13.1. The van der Waals surface area contributed by atoms with Gasteiger partial charge in [-0.15, -0.1) is 0 Å². The summed E-state index contributed by atoms with van der Waals surface area (Å²) in [7, 11) is -4.14. The smallest absolute Gasteiger partial charge is 0.264 e. The minimum atomic E-state index is -4.14. The van der Waals surface area contributed by atoms with Gasteiger partial charge in [-0.2, -0.15) is 0 Å². The van der Waals surface area contributed by atoms with Crippen LogP contribution >= 0.6 is 23.2 Å². The fourth-order valence-corrected chi connectivity index (χ4v) is 5.84. The van der Waals surface area contributed by atoms with Crippen LogP contribution < -0.4 is 9.62 Å². The molecule has 0 fully saturated rings. The number of sulfonamides is 1.